The van der Waals surface area contributed by atoms with Gasteiger partial charge in [0.05, 0.1) is 21.8 Å². The molecule has 2 aromatic carbocycles. The number of oxazole rings is 1. The van der Waals surface area contributed by atoms with Gasteiger partial charge in [0.2, 0.25) is 5.89 Å². The summed E-state index contributed by atoms with van der Waals surface area (Å²) in [6, 6.07) is 15.1. The van der Waals surface area contributed by atoms with Gasteiger partial charge in [0.1, 0.15) is 0 Å². The highest BCUT2D eigenvalue weighted by Crippen LogP contribution is 2.35. The second-order valence-corrected chi connectivity index (χ2v) is 4.81. The van der Waals surface area contributed by atoms with E-state index in [4.69, 9.17) is 27.6 Å². The van der Waals surface area contributed by atoms with Gasteiger partial charge in [-0.15, -0.1) is 0 Å². The molecular weight excluding hydrogens is 281 g/mol. The summed E-state index contributed by atoms with van der Waals surface area (Å²) in [5.41, 5.74) is 1.58. The molecule has 2 nitrogen and oxygen atoms in total. The zero-order valence-corrected chi connectivity index (χ0v) is 11.3. The summed E-state index contributed by atoms with van der Waals surface area (Å²) < 4.78 is 5.74. The number of rotatable bonds is 2. The Bertz CT molecular complexity index is 687. The average Bonchev–Trinajstić information content (AvgIpc) is 2.89. The van der Waals surface area contributed by atoms with E-state index in [-0.39, 0.29) is 0 Å². The Morgan fingerprint density at radius 1 is 0.842 bits per heavy atom. The van der Waals surface area contributed by atoms with Crippen LogP contribution in [0, 0.1) is 0 Å². The second kappa shape index (κ2) is 5.08. The Morgan fingerprint density at radius 2 is 1.53 bits per heavy atom. The van der Waals surface area contributed by atoms with E-state index in [1.165, 1.54) is 0 Å². The van der Waals surface area contributed by atoms with Gasteiger partial charge in [0, 0.05) is 5.56 Å². The fourth-order valence-electron chi connectivity index (χ4n) is 1.83. The number of hydrogen-bond acceptors (Lipinski definition) is 2. The number of hydrogen-bond donors (Lipinski definition) is 0. The van der Waals surface area contributed by atoms with Crippen molar-refractivity contribution in [1.82, 2.24) is 4.98 Å². The highest BCUT2D eigenvalue weighted by Gasteiger charge is 2.14. The molecule has 0 bridgehead atoms. The van der Waals surface area contributed by atoms with Gasteiger partial charge in [0.15, 0.2) is 5.76 Å². The molecule has 0 saturated heterocycles. The van der Waals surface area contributed by atoms with Gasteiger partial charge >= 0.3 is 0 Å². The topological polar surface area (TPSA) is 26.0 Å². The first-order valence-electron chi connectivity index (χ1n) is 5.71. The molecule has 0 aliphatic heterocycles. The quantitative estimate of drug-likeness (QED) is 0.638. The van der Waals surface area contributed by atoms with Crippen molar-refractivity contribution in [2.45, 2.75) is 0 Å². The maximum atomic E-state index is 6.13. The molecule has 1 heterocycles. The number of halogens is 2. The Morgan fingerprint density at radius 3 is 2.21 bits per heavy atom. The molecule has 0 radical (unpaired) electrons. The number of nitrogens with zero attached hydrogens (tertiary/aromatic N) is 1. The molecule has 0 atom stereocenters. The molecule has 94 valence electrons. The summed E-state index contributed by atoms with van der Waals surface area (Å²) >= 11 is 12.3. The number of aromatic nitrogens is 1. The summed E-state index contributed by atoms with van der Waals surface area (Å²) in [4.78, 5) is 4.25. The standard InChI is InChI=1S/C15H9Cl2NO/c16-11-7-4-8-12(17)14(11)15-18-9-13(19-15)10-5-2-1-3-6-10/h1-9H. The lowest BCUT2D eigenvalue weighted by atomic mass is 10.2. The van der Waals surface area contributed by atoms with Crippen LogP contribution >= 0.6 is 23.2 Å². The third-order valence-electron chi connectivity index (χ3n) is 2.74. The van der Waals surface area contributed by atoms with Crippen LogP contribution in [0.25, 0.3) is 22.8 Å². The van der Waals surface area contributed by atoms with Gasteiger partial charge in [-0.2, -0.15) is 0 Å². The van der Waals surface area contributed by atoms with E-state index in [1.54, 1.807) is 24.4 Å². The minimum Gasteiger partial charge on any atom is -0.436 e. The van der Waals surface area contributed by atoms with Crippen LogP contribution in [0.15, 0.2) is 59.1 Å². The van der Waals surface area contributed by atoms with E-state index >= 15 is 0 Å². The maximum Gasteiger partial charge on any atom is 0.229 e. The van der Waals surface area contributed by atoms with E-state index in [1.807, 2.05) is 30.3 Å². The van der Waals surface area contributed by atoms with Crippen molar-refractivity contribution in [1.29, 1.82) is 0 Å². The molecule has 0 spiro atoms. The minimum atomic E-state index is 0.425. The summed E-state index contributed by atoms with van der Waals surface area (Å²) in [5.74, 6) is 1.11. The first-order valence-corrected chi connectivity index (χ1v) is 6.47. The van der Waals surface area contributed by atoms with Crippen LogP contribution in [0.1, 0.15) is 0 Å². The van der Waals surface area contributed by atoms with Crippen molar-refractivity contribution in [2.75, 3.05) is 0 Å². The summed E-state index contributed by atoms with van der Waals surface area (Å²) in [6.07, 6.45) is 1.67. The van der Waals surface area contributed by atoms with Crippen LogP contribution in [0.3, 0.4) is 0 Å². The lowest BCUT2D eigenvalue weighted by Gasteiger charge is -2.01. The zero-order valence-electron chi connectivity index (χ0n) is 9.81. The largest absolute Gasteiger partial charge is 0.436 e. The molecule has 1 aromatic heterocycles. The van der Waals surface area contributed by atoms with Crippen LogP contribution in [-0.4, -0.2) is 4.98 Å². The molecule has 0 unspecified atom stereocenters. The summed E-state index contributed by atoms with van der Waals surface area (Å²) in [7, 11) is 0. The van der Waals surface area contributed by atoms with Crippen molar-refractivity contribution in [3.8, 4) is 22.8 Å². The lowest BCUT2D eigenvalue weighted by molar-refractivity contribution is 0.589. The van der Waals surface area contributed by atoms with Gasteiger partial charge in [-0.05, 0) is 12.1 Å². The van der Waals surface area contributed by atoms with Crippen molar-refractivity contribution in [3.63, 3.8) is 0 Å². The first kappa shape index (κ1) is 12.3. The molecule has 4 heteroatoms. The van der Waals surface area contributed by atoms with E-state index < -0.39 is 0 Å². The van der Waals surface area contributed by atoms with Gasteiger partial charge in [-0.1, -0.05) is 59.6 Å². The monoisotopic (exact) mass is 289 g/mol. The predicted octanol–water partition coefficient (Wildman–Crippen LogP) is 5.32. The van der Waals surface area contributed by atoms with Crippen molar-refractivity contribution in [2.24, 2.45) is 0 Å². The number of benzene rings is 2. The van der Waals surface area contributed by atoms with Crippen LogP contribution in [0.5, 0.6) is 0 Å². The summed E-state index contributed by atoms with van der Waals surface area (Å²) in [6.45, 7) is 0. The van der Waals surface area contributed by atoms with Crippen molar-refractivity contribution in [3.05, 3.63) is 64.8 Å². The molecule has 0 fully saturated rings. The Labute approximate surface area is 120 Å². The van der Waals surface area contributed by atoms with E-state index in [0.29, 0.717) is 27.3 Å². The van der Waals surface area contributed by atoms with Crippen LogP contribution in [-0.2, 0) is 0 Å². The Kier molecular flexibility index (Phi) is 3.28. The van der Waals surface area contributed by atoms with E-state index in [9.17, 15) is 0 Å². The minimum absolute atomic E-state index is 0.425. The third kappa shape index (κ3) is 2.37. The SMILES string of the molecule is Clc1cccc(Cl)c1-c1ncc(-c2ccccc2)o1. The molecule has 19 heavy (non-hydrogen) atoms. The molecule has 3 rings (SSSR count). The predicted molar refractivity (Wildman–Crippen MR) is 77.4 cm³/mol. The molecular formula is C15H9Cl2NO. The normalized spacial score (nSPS) is 10.6. The molecule has 0 amide bonds. The smallest absolute Gasteiger partial charge is 0.229 e. The van der Waals surface area contributed by atoms with Gasteiger partial charge in [-0.25, -0.2) is 4.98 Å². The van der Waals surface area contributed by atoms with E-state index in [2.05, 4.69) is 4.98 Å². The van der Waals surface area contributed by atoms with Gasteiger partial charge in [-0.3, -0.25) is 0 Å². The fraction of sp³-hybridized carbons (Fsp3) is 0. The highest BCUT2D eigenvalue weighted by molar-refractivity contribution is 6.38. The lowest BCUT2D eigenvalue weighted by Crippen LogP contribution is -1.80. The molecule has 0 aliphatic rings. The highest BCUT2D eigenvalue weighted by atomic mass is 35.5. The van der Waals surface area contributed by atoms with Gasteiger partial charge in [0.25, 0.3) is 0 Å². The van der Waals surface area contributed by atoms with Crippen LogP contribution < -0.4 is 0 Å². The second-order valence-electron chi connectivity index (χ2n) is 3.99. The average molecular weight is 290 g/mol. The van der Waals surface area contributed by atoms with Crippen molar-refractivity contribution >= 4 is 23.2 Å². The maximum absolute atomic E-state index is 6.13. The first-order chi connectivity index (χ1) is 9.25. The Hall–Kier alpha value is -1.77. The molecule has 0 saturated carbocycles. The van der Waals surface area contributed by atoms with Gasteiger partial charge < -0.3 is 4.42 Å². The molecule has 3 aromatic rings. The molecule has 0 N–H and O–H groups in total. The Balaban J connectivity index is 2.07. The van der Waals surface area contributed by atoms with Crippen LogP contribution in [0.2, 0.25) is 10.0 Å². The molecule has 0 aliphatic carbocycles. The summed E-state index contributed by atoms with van der Waals surface area (Å²) in [5, 5.41) is 1.04. The van der Waals surface area contributed by atoms with E-state index in [0.717, 1.165) is 5.56 Å². The third-order valence-corrected chi connectivity index (χ3v) is 3.37. The van der Waals surface area contributed by atoms with Crippen LogP contribution in [0.4, 0.5) is 0 Å². The zero-order chi connectivity index (χ0) is 13.2. The van der Waals surface area contributed by atoms with Crippen molar-refractivity contribution < 1.29 is 4.42 Å². The fourth-order valence-corrected chi connectivity index (χ4v) is 2.39.